The zero-order valence-corrected chi connectivity index (χ0v) is 9.41. The molecular formula is C12H10ClNO2. The first-order chi connectivity index (χ1) is 7.70. The van der Waals surface area contributed by atoms with Crippen molar-refractivity contribution in [2.45, 2.75) is 0 Å². The van der Waals surface area contributed by atoms with Crippen molar-refractivity contribution in [3.8, 4) is 11.3 Å². The fourth-order valence-corrected chi connectivity index (χ4v) is 1.55. The van der Waals surface area contributed by atoms with Crippen molar-refractivity contribution in [3.05, 3.63) is 47.1 Å². The van der Waals surface area contributed by atoms with Crippen LogP contribution in [0.2, 0.25) is 5.02 Å². The maximum atomic E-state index is 11.2. The van der Waals surface area contributed by atoms with E-state index >= 15 is 0 Å². The first kappa shape index (κ1) is 10.8. The Labute approximate surface area is 98.0 Å². The lowest BCUT2D eigenvalue weighted by atomic mass is 10.2. The lowest BCUT2D eigenvalue weighted by molar-refractivity contribution is 0.0595. The maximum Gasteiger partial charge on any atom is 0.354 e. The summed E-state index contributed by atoms with van der Waals surface area (Å²) in [5.74, 6) is -0.375. The van der Waals surface area contributed by atoms with Gasteiger partial charge in [-0.3, -0.25) is 0 Å². The van der Waals surface area contributed by atoms with Gasteiger partial charge in [0.1, 0.15) is 5.69 Å². The topological polar surface area (TPSA) is 42.1 Å². The molecule has 4 heteroatoms. The van der Waals surface area contributed by atoms with Gasteiger partial charge in [-0.15, -0.1) is 0 Å². The molecule has 2 aromatic rings. The molecule has 0 unspecified atom stereocenters. The second kappa shape index (κ2) is 4.41. The Hall–Kier alpha value is -1.74. The molecule has 0 spiro atoms. The molecule has 3 nitrogen and oxygen atoms in total. The van der Waals surface area contributed by atoms with E-state index in [4.69, 9.17) is 11.6 Å². The zero-order valence-electron chi connectivity index (χ0n) is 8.66. The molecule has 0 atom stereocenters. The van der Waals surface area contributed by atoms with Crippen LogP contribution in [0.25, 0.3) is 11.3 Å². The monoisotopic (exact) mass is 235 g/mol. The summed E-state index contributed by atoms with van der Waals surface area (Å²) in [7, 11) is 1.35. The number of esters is 1. The van der Waals surface area contributed by atoms with Gasteiger partial charge in [-0.05, 0) is 29.8 Å². The van der Waals surface area contributed by atoms with Gasteiger partial charge < -0.3 is 9.72 Å². The van der Waals surface area contributed by atoms with Crippen molar-refractivity contribution >= 4 is 17.6 Å². The molecule has 0 aliphatic carbocycles. The van der Waals surface area contributed by atoms with Gasteiger partial charge in [-0.1, -0.05) is 23.7 Å². The van der Waals surface area contributed by atoms with Crippen LogP contribution < -0.4 is 0 Å². The van der Waals surface area contributed by atoms with E-state index in [1.807, 2.05) is 18.2 Å². The Morgan fingerprint density at radius 3 is 2.50 bits per heavy atom. The highest BCUT2D eigenvalue weighted by Gasteiger charge is 2.08. The molecule has 0 amide bonds. The second-order valence-electron chi connectivity index (χ2n) is 3.28. The van der Waals surface area contributed by atoms with Crippen LogP contribution in [-0.2, 0) is 4.74 Å². The number of benzene rings is 1. The van der Waals surface area contributed by atoms with E-state index in [2.05, 4.69) is 9.72 Å². The van der Waals surface area contributed by atoms with Crippen molar-refractivity contribution in [2.24, 2.45) is 0 Å². The summed E-state index contributed by atoms with van der Waals surface area (Å²) in [5, 5.41) is 0.684. The van der Waals surface area contributed by atoms with Gasteiger partial charge in [0, 0.05) is 10.7 Å². The number of aromatic nitrogens is 1. The van der Waals surface area contributed by atoms with Crippen molar-refractivity contribution in [1.82, 2.24) is 4.98 Å². The maximum absolute atomic E-state index is 11.2. The number of rotatable bonds is 2. The smallest absolute Gasteiger partial charge is 0.354 e. The standard InChI is InChI=1S/C12H10ClNO2/c1-16-12(15)11-7-6-10(14-11)8-2-4-9(13)5-3-8/h2-7,14H,1H3. The van der Waals surface area contributed by atoms with E-state index in [1.54, 1.807) is 18.2 Å². The molecule has 1 heterocycles. The number of nitrogens with one attached hydrogen (secondary N) is 1. The van der Waals surface area contributed by atoms with E-state index in [-0.39, 0.29) is 5.97 Å². The highest BCUT2D eigenvalue weighted by Crippen LogP contribution is 2.20. The van der Waals surface area contributed by atoms with Crippen LogP contribution in [0.5, 0.6) is 0 Å². The minimum absolute atomic E-state index is 0.375. The number of ether oxygens (including phenoxy) is 1. The lowest BCUT2D eigenvalue weighted by Crippen LogP contribution is -2.00. The number of carbonyl (C=O) groups is 1. The molecule has 0 aliphatic rings. The molecule has 0 aliphatic heterocycles. The highest BCUT2D eigenvalue weighted by atomic mass is 35.5. The van der Waals surface area contributed by atoms with E-state index in [9.17, 15) is 4.79 Å². The number of hydrogen-bond donors (Lipinski definition) is 1. The summed E-state index contributed by atoms with van der Waals surface area (Å²) < 4.78 is 4.61. The Bertz CT molecular complexity index is 502. The minimum Gasteiger partial charge on any atom is -0.464 e. The average molecular weight is 236 g/mol. The van der Waals surface area contributed by atoms with Gasteiger partial charge >= 0.3 is 5.97 Å². The SMILES string of the molecule is COC(=O)c1ccc(-c2ccc(Cl)cc2)[nH]1. The Balaban J connectivity index is 2.31. The van der Waals surface area contributed by atoms with E-state index < -0.39 is 0 Å². The molecule has 0 saturated heterocycles. The van der Waals surface area contributed by atoms with Crippen molar-refractivity contribution in [1.29, 1.82) is 0 Å². The number of halogens is 1. The molecule has 1 N–H and O–H groups in total. The second-order valence-corrected chi connectivity index (χ2v) is 3.72. The van der Waals surface area contributed by atoms with E-state index in [1.165, 1.54) is 7.11 Å². The molecule has 0 radical (unpaired) electrons. The number of hydrogen-bond acceptors (Lipinski definition) is 2. The van der Waals surface area contributed by atoms with Gasteiger partial charge in [0.2, 0.25) is 0 Å². The van der Waals surface area contributed by atoms with Gasteiger partial charge in [0.05, 0.1) is 7.11 Å². The molecule has 2 rings (SSSR count). The lowest BCUT2D eigenvalue weighted by Gasteiger charge is -1.98. The quantitative estimate of drug-likeness (QED) is 0.813. The Kier molecular flexibility index (Phi) is 2.97. The van der Waals surface area contributed by atoms with Gasteiger partial charge in [0.25, 0.3) is 0 Å². The molecule has 0 fully saturated rings. The van der Waals surface area contributed by atoms with Crippen LogP contribution in [0.3, 0.4) is 0 Å². The first-order valence-electron chi connectivity index (χ1n) is 4.74. The van der Waals surface area contributed by atoms with Gasteiger partial charge in [-0.25, -0.2) is 4.79 Å². The summed E-state index contributed by atoms with van der Waals surface area (Å²) >= 11 is 5.79. The minimum atomic E-state index is -0.375. The van der Waals surface area contributed by atoms with Crippen molar-refractivity contribution in [3.63, 3.8) is 0 Å². The largest absolute Gasteiger partial charge is 0.464 e. The van der Waals surface area contributed by atoms with Crippen LogP contribution in [0, 0.1) is 0 Å². The van der Waals surface area contributed by atoms with Crippen LogP contribution >= 0.6 is 11.6 Å². The summed E-state index contributed by atoms with van der Waals surface area (Å²) in [6.45, 7) is 0. The van der Waals surface area contributed by atoms with Crippen LogP contribution in [0.1, 0.15) is 10.5 Å². The summed E-state index contributed by atoms with van der Waals surface area (Å²) in [6.07, 6.45) is 0. The number of carbonyl (C=O) groups excluding carboxylic acids is 1. The third kappa shape index (κ3) is 2.09. The van der Waals surface area contributed by atoms with Gasteiger partial charge in [-0.2, -0.15) is 0 Å². The zero-order chi connectivity index (χ0) is 11.5. The molecule has 0 saturated carbocycles. The fraction of sp³-hybridized carbons (Fsp3) is 0.0833. The Morgan fingerprint density at radius 1 is 1.19 bits per heavy atom. The normalized spacial score (nSPS) is 10.1. The molecule has 0 bridgehead atoms. The van der Waals surface area contributed by atoms with Crippen LogP contribution in [0.4, 0.5) is 0 Å². The molecule has 82 valence electrons. The Morgan fingerprint density at radius 2 is 1.88 bits per heavy atom. The summed E-state index contributed by atoms with van der Waals surface area (Å²) in [4.78, 5) is 14.2. The van der Waals surface area contributed by atoms with Crippen molar-refractivity contribution in [2.75, 3.05) is 7.11 Å². The predicted octanol–water partition coefficient (Wildman–Crippen LogP) is 3.12. The summed E-state index contributed by atoms with van der Waals surface area (Å²) in [6, 6.07) is 10.9. The summed E-state index contributed by atoms with van der Waals surface area (Å²) in [5.41, 5.74) is 2.27. The van der Waals surface area contributed by atoms with E-state index in [0.717, 1.165) is 11.3 Å². The molecule has 1 aromatic carbocycles. The average Bonchev–Trinajstić information content (AvgIpc) is 2.78. The van der Waals surface area contributed by atoms with Crippen LogP contribution in [-0.4, -0.2) is 18.1 Å². The highest BCUT2D eigenvalue weighted by molar-refractivity contribution is 6.30. The van der Waals surface area contributed by atoms with E-state index in [0.29, 0.717) is 10.7 Å². The fourth-order valence-electron chi connectivity index (χ4n) is 1.42. The van der Waals surface area contributed by atoms with Crippen LogP contribution in [0.15, 0.2) is 36.4 Å². The number of methoxy groups -OCH3 is 1. The molecule has 16 heavy (non-hydrogen) atoms. The van der Waals surface area contributed by atoms with Crippen molar-refractivity contribution < 1.29 is 9.53 Å². The number of H-pyrrole nitrogens is 1. The predicted molar refractivity (Wildman–Crippen MR) is 62.6 cm³/mol. The number of aromatic amines is 1. The molecule has 1 aromatic heterocycles. The molecular weight excluding hydrogens is 226 g/mol. The third-order valence-electron chi connectivity index (χ3n) is 2.25. The third-order valence-corrected chi connectivity index (χ3v) is 2.50. The van der Waals surface area contributed by atoms with Gasteiger partial charge in [0.15, 0.2) is 0 Å². The first-order valence-corrected chi connectivity index (χ1v) is 5.12.